The Labute approximate surface area is 64.3 Å². The molecular weight excluding hydrogens is 152 g/mol. The molecule has 66 valence electrons. The van der Waals surface area contributed by atoms with E-state index in [1.54, 1.807) is 13.8 Å². The summed E-state index contributed by atoms with van der Waals surface area (Å²) in [5.74, 6) is -2.62. The molecule has 11 heavy (non-hydrogen) atoms. The summed E-state index contributed by atoms with van der Waals surface area (Å²) in [7, 11) is 0. The largest absolute Gasteiger partial charge is 0.481 e. The third-order valence-electron chi connectivity index (χ3n) is 0.302. The molecule has 0 fully saturated rings. The van der Waals surface area contributed by atoms with Crippen LogP contribution in [0, 0.1) is 0 Å². The minimum absolute atomic E-state index is 0.167. The van der Waals surface area contributed by atoms with Gasteiger partial charge in [-0.1, -0.05) is 0 Å². The summed E-state index contributed by atoms with van der Waals surface area (Å²) in [5, 5.41) is 23.5. The molecule has 5 nitrogen and oxygen atoms in total. The molecule has 0 aliphatic rings. The van der Waals surface area contributed by atoms with Gasteiger partial charge in [-0.05, 0) is 13.8 Å². The van der Waals surface area contributed by atoms with E-state index in [1.165, 1.54) is 0 Å². The monoisotopic (exact) mass is 164 g/mol. The predicted molar refractivity (Wildman–Crippen MR) is 37.2 cm³/mol. The molecule has 0 heterocycles. The first-order valence-electron chi connectivity index (χ1n) is 2.98. The molecule has 5 heteroatoms. The van der Waals surface area contributed by atoms with Crippen LogP contribution in [-0.4, -0.2) is 33.4 Å². The highest BCUT2D eigenvalue weighted by molar-refractivity contribution is 5.88. The van der Waals surface area contributed by atoms with Crippen LogP contribution < -0.4 is 0 Å². The Morgan fingerprint density at radius 1 is 1.18 bits per heavy atom. The van der Waals surface area contributed by atoms with Crippen LogP contribution in [0.2, 0.25) is 0 Å². The van der Waals surface area contributed by atoms with Crippen molar-refractivity contribution in [3.8, 4) is 0 Å². The molecule has 0 bridgehead atoms. The van der Waals surface area contributed by atoms with Crippen LogP contribution in [0.5, 0.6) is 0 Å². The summed E-state index contributed by atoms with van der Waals surface area (Å²) >= 11 is 0. The zero-order valence-corrected chi connectivity index (χ0v) is 6.44. The van der Waals surface area contributed by atoms with Crippen LogP contribution in [-0.2, 0) is 9.59 Å². The smallest absolute Gasteiger partial charge is 0.314 e. The number of aliphatic carboxylic acids is 2. The third kappa shape index (κ3) is 50.4. The molecule has 3 N–H and O–H groups in total. The fourth-order valence-electron chi connectivity index (χ4n) is 0.129. The Hall–Kier alpha value is -1.10. The van der Waals surface area contributed by atoms with Gasteiger partial charge in [0.2, 0.25) is 0 Å². The van der Waals surface area contributed by atoms with Crippen LogP contribution in [0.25, 0.3) is 0 Å². The Morgan fingerprint density at radius 2 is 1.36 bits per heavy atom. The van der Waals surface area contributed by atoms with Gasteiger partial charge in [0, 0.05) is 6.10 Å². The van der Waals surface area contributed by atoms with Crippen molar-refractivity contribution in [3.05, 3.63) is 0 Å². The number of carboxylic acid groups (broad SMARTS) is 2. The van der Waals surface area contributed by atoms with Gasteiger partial charge in [-0.3, -0.25) is 9.59 Å². The lowest BCUT2D eigenvalue weighted by Crippen LogP contribution is -2.03. The van der Waals surface area contributed by atoms with E-state index >= 15 is 0 Å². The minimum Gasteiger partial charge on any atom is -0.481 e. The van der Waals surface area contributed by atoms with Gasteiger partial charge in [0.15, 0.2) is 0 Å². The molecule has 0 saturated carbocycles. The lowest BCUT2D eigenvalue weighted by atomic mass is 10.5. The van der Waals surface area contributed by atoms with Gasteiger partial charge in [-0.2, -0.15) is 0 Å². The van der Waals surface area contributed by atoms with Crippen molar-refractivity contribution in [2.24, 2.45) is 0 Å². The maximum atomic E-state index is 9.43. The molecule has 0 aromatic heterocycles. The van der Waals surface area contributed by atoms with Gasteiger partial charge >= 0.3 is 11.9 Å². The van der Waals surface area contributed by atoms with E-state index in [0.717, 1.165) is 0 Å². The first-order valence-corrected chi connectivity index (χ1v) is 2.98. The SMILES string of the molecule is CC(C)O.O=C(O)CC(=O)O. The Bertz CT molecular complexity index is 114. The van der Waals surface area contributed by atoms with Crippen LogP contribution >= 0.6 is 0 Å². The fraction of sp³-hybridized carbons (Fsp3) is 0.667. The molecule has 0 aliphatic heterocycles. The van der Waals surface area contributed by atoms with Crippen molar-refractivity contribution in [2.45, 2.75) is 26.4 Å². The second kappa shape index (κ2) is 7.01. The van der Waals surface area contributed by atoms with E-state index in [1.807, 2.05) is 0 Å². The van der Waals surface area contributed by atoms with Gasteiger partial charge in [-0.25, -0.2) is 0 Å². The van der Waals surface area contributed by atoms with Gasteiger partial charge < -0.3 is 15.3 Å². The summed E-state index contributed by atoms with van der Waals surface area (Å²) in [4.78, 5) is 18.9. The molecule has 0 aliphatic carbocycles. The summed E-state index contributed by atoms with van der Waals surface area (Å²) in [6.45, 7) is 3.44. The first kappa shape index (κ1) is 12.6. The van der Waals surface area contributed by atoms with Crippen molar-refractivity contribution < 1.29 is 24.9 Å². The van der Waals surface area contributed by atoms with Crippen LogP contribution in [0.4, 0.5) is 0 Å². The zero-order valence-electron chi connectivity index (χ0n) is 6.44. The number of aliphatic hydroxyl groups is 1. The Balaban J connectivity index is 0. The van der Waals surface area contributed by atoms with Crippen molar-refractivity contribution in [3.63, 3.8) is 0 Å². The highest BCUT2D eigenvalue weighted by Crippen LogP contribution is 1.74. The van der Waals surface area contributed by atoms with E-state index in [0.29, 0.717) is 0 Å². The molecule has 0 aromatic carbocycles. The standard InChI is InChI=1S/C3H4O4.C3H8O/c4-2(5)1-3(6)7;1-3(2)4/h1H2,(H,4,5)(H,6,7);3-4H,1-2H3. The third-order valence-corrected chi connectivity index (χ3v) is 0.302. The van der Waals surface area contributed by atoms with Gasteiger partial charge in [0.25, 0.3) is 0 Å². The molecule has 0 saturated heterocycles. The molecule has 0 rings (SSSR count). The molecule has 0 amide bonds. The Morgan fingerprint density at radius 3 is 1.36 bits per heavy atom. The zero-order chi connectivity index (χ0) is 9.44. The molecule has 0 atom stereocenters. The van der Waals surface area contributed by atoms with Gasteiger partial charge in [0.1, 0.15) is 6.42 Å². The van der Waals surface area contributed by atoms with E-state index in [9.17, 15) is 9.59 Å². The maximum absolute atomic E-state index is 9.43. The van der Waals surface area contributed by atoms with Crippen molar-refractivity contribution in [2.75, 3.05) is 0 Å². The summed E-state index contributed by atoms with van der Waals surface area (Å²) in [6, 6.07) is 0. The van der Waals surface area contributed by atoms with Crippen LogP contribution in [0.3, 0.4) is 0 Å². The number of aliphatic hydroxyl groups excluding tert-OH is 1. The normalized spacial score (nSPS) is 8.36. The van der Waals surface area contributed by atoms with E-state index in [2.05, 4.69) is 0 Å². The lowest BCUT2D eigenvalue weighted by molar-refractivity contribution is -0.147. The second-order valence-corrected chi connectivity index (χ2v) is 2.06. The molecular formula is C6H12O5. The fourth-order valence-corrected chi connectivity index (χ4v) is 0.129. The molecule has 0 unspecified atom stereocenters. The summed E-state index contributed by atoms with van der Waals surface area (Å²) in [5.41, 5.74) is 0. The quantitative estimate of drug-likeness (QED) is 0.496. The maximum Gasteiger partial charge on any atom is 0.314 e. The average Bonchev–Trinajstić information content (AvgIpc) is 1.56. The summed E-state index contributed by atoms with van der Waals surface area (Å²) < 4.78 is 0. The topological polar surface area (TPSA) is 94.8 Å². The molecule has 0 aromatic rings. The number of carboxylic acids is 2. The lowest BCUT2D eigenvalue weighted by Gasteiger charge is -1.80. The minimum atomic E-state index is -1.31. The highest BCUT2D eigenvalue weighted by atomic mass is 16.4. The number of carbonyl (C=O) groups is 2. The highest BCUT2D eigenvalue weighted by Gasteiger charge is 2.01. The number of hydrogen-bond acceptors (Lipinski definition) is 3. The average molecular weight is 164 g/mol. The first-order chi connectivity index (χ1) is 4.86. The number of hydrogen-bond donors (Lipinski definition) is 3. The van der Waals surface area contributed by atoms with E-state index in [4.69, 9.17) is 15.3 Å². The van der Waals surface area contributed by atoms with Crippen molar-refractivity contribution in [1.29, 1.82) is 0 Å². The van der Waals surface area contributed by atoms with Crippen molar-refractivity contribution >= 4 is 11.9 Å². The Kier molecular flexibility index (Phi) is 8.01. The second-order valence-electron chi connectivity index (χ2n) is 2.06. The van der Waals surface area contributed by atoms with Crippen LogP contribution in [0.15, 0.2) is 0 Å². The van der Waals surface area contributed by atoms with Gasteiger partial charge in [-0.15, -0.1) is 0 Å². The molecule has 0 radical (unpaired) electrons. The summed E-state index contributed by atoms with van der Waals surface area (Å²) in [6.07, 6.45) is -0.972. The molecule has 0 spiro atoms. The van der Waals surface area contributed by atoms with Gasteiger partial charge in [0.05, 0.1) is 0 Å². The predicted octanol–water partition coefficient (Wildman–Crippen LogP) is -0.0672. The van der Waals surface area contributed by atoms with Crippen LogP contribution in [0.1, 0.15) is 20.3 Å². The number of rotatable bonds is 2. The van der Waals surface area contributed by atoms with E-state index < -0.39 is 18.4 Å². The van der Waals surface area contributed by atoms with Crippen molar-refractivity contribution in [1.82, 2.24) is 0 Å². The van der Waals surface area contributed by atoms with E-state index in [-0.39, 0.29) is 6.10 Å².